The van der Waals surface area contributed by atoms with Gasteiger partial charge in [0, 0.05) is 14.4 Å². The fourth-order valence-corrected chi connectivity index (χ4v) is 1.87. The topological polar surface area (TPSA) is 0 Å². The highest BCUT2D eigenvalue weighted by Crippen LogP contribution is 2.21. The van der Waals surface area contributed by atoms with Crippen molar-refractivity contribution in [2.24, 2.45) is 0 Å². The summed E-state index contributed by atoms with van der Waals surface area (Å²) in [5.41, 5.74) is 1.53. The zero-order valence-electron chi connectivity index (χ0n) is 5.74. The summed E-state index contributed by atoms with van der Waals surface area (Å²) in [6.07, 6.45) is 5.12. The van der Waals surface area contributed by atoms with Crippen molar-refractivity contribution < 1.29 is 0 Å². The van der Waals surface area contributed by atoms with Crippen molar-refractivity contribution in [3.05, 3.63) is 21.3 Å². The van der Waals surface area contributed by atoms with Crippen LogP contribution in [0.2, 0.25) is 0 Å². The largest absolute Gasteiger partial charge is 0.0932 e. The third-order valence-corrected chi connectivity index (χ3v) is 4.32. The highest BCUT2D eigenvalue weighted by Gasteiger charge is 2.01. The maximum atomic E-state index is 5.42. The van der Waals surface area contributed by atoms with Gasteiger partial charge in [0.2, 0.25) is 0 Å². The van der Waals surface area contributed by atoms with E-state index in [0.717, 1.165) is 11.8 Å². The Morgan fingerprint density at radius 1 is 1.64 bits per heavy atom. The minimum Gasteiger partial charge on any atom is -0.0932 e. The summed E-state index contributed by atoms with van der Waals surface area (Å²) in [4.78, 5) is 0.264. The molecule has 0 saturated heterocycles. The van der Waals surface area contributed by atoms with Gasteiger partial charge in [0.1, 0.15) is 0 Å². The molecule has 0 N–H and O–H groups in total. The Bertz CT molecular complexity index is 157. The van der Waals surface area contributed by atoms with E-state index in [0.29, 0.717) is 0 Å². The van der Waals surface area contributed by atoms with Crippen molar-refractivity contribution >= 4 is 66.1 Å². The summed E-state index contributed by atoms with van der Waals surface area (Å²) < 4.78 is 1.26. The van der Waals surface area contributed by atoms with Gasteiger partial charge in [-0.15, -0.1) is 0 Å². The zero-order chi connectivity index (χ0) is 8.69. The van der Waals surface area contributed by atoms with Gasteiger partial charge in [-0.25, -0.2) is 0 Å². The fourth-order valence-electron chi connectivity index (χ4n) is 0.461. The van der Waals surface area contributed by atoms with E-state index in [2.05, 4.69) is 60.5 Å². The number of rotatable bonds is 4. The quantitative estimate of drug-likeness (QED) is 0.466. The smallest absolute Gasteiger partial charge is 0.0641 e. The average molecular weight is 414 g/mol. The van der Waals surface area contributed by atoms with Gasteiger partial charge in [-0.2, -0.15) is 0 Å². The van der Waals surface area contributed by atoms with Crippen LogP contribution in [0.15, 0.2) is 21.3 Å². The van der Waals surface area contributed by atoms with E-state index < -0.39 is 0 Å². The third-order valence-electron chi connectivity index (χ3n) is 0.954. The van der Waals surface area contributed by atoms with Crippen molar-refractivity contribution in [1.29, 1.82) is 0 Å². The van der Waals surface area contributed by atoms with Crippen molar-refractivity contribution in [2.75, 3.05) is 5.33 Å². The van der Waals surface area contributed by atoms with Gasteiger partial charge in [0.05, 0.1) is 4.83 Å². The molecule has 0 aromatic rings. The second-order valence-corrected chi connectivity index (χ2v) is 5.06. The first-order valence-corrected chi connectivity index (χ1v) is 6.60. The molecular weight excluding hydrogens is 406 g/mol. The second kappa shape index (κ2) is 8.08. The molecule has 0 heterocycles. The van der Waals surface area contributed by atoms with Crippen LogP contribution < -0.4 is 0 Å². The van der Waals surface area contributed by atoms with Gasteiger partial charge in [-0.1, -0.05) is 55.6 Å². The number of alkyl halides is 2. The summed E-state index contributed by atoms with van der Waals surface area (Å²) >= 11 is 14.6. The molecule has 0 spiro atoms. The molecule has 1 unspecified atom stereocenters. The molecule has 64 valence electrons. The molecule has 0 nitrogen and oxygen atoms in total. The molecule has 0 radical (unpaired) electrons. The fraction of sp³-hybridized carbons (Fsp3) is 0.429. The van der Waals surface area contributed by atoms with E-state index in [-0.39, 0.29) is 4.83 Å². The van der Waals surface area contributed by atoms with E-state index in [1.165, 1.54) is 9.12 Å². The maximum Gasteiger partial charge on any atom is 0.0641 e. The first-order valence-electron chi connectivity index (χ1n) is 3.04. The van der Waals surface area contributed by atoms with Crippen molar-refractivity contribution in [2.45, 2.75) is 11.2 Å². The van der Waals surface area contributed by atoms with Crippen LogP contribution in [0.1, 0.15) is 6.42 Å². The van der Waals surface area contributed by atoms with E-state index in [1.807, 2.05) is 6.08 Å². The van der Waals surface area contributed by atoms with Crippen LogP contribution in [-0.2, 0) is 0 Å². The molecule has 0 fully saturated rings. The van der Waals surface area contributed by atoms with Crippen LogP contribution in [0.5, 0.6) is 0 Å². The Hall–Kier alpha value is 1.46. The standard InChI is InChI=1S/C7H8Br2ClI/c8-4-1-2-7(11)6(9)3-5-10/h2-3,5-6H,1,4H2. The molecule has 0 aromatic carbocycles. The highest BCUT2D eigenvalue weighted by atomic mass is 127. The van der Waals surface area contributed by atoms with Gasteiger partial charge in [0.25, 0.3) is 0 Å². The van der Waals surface area contributed by atoms with Gasteiger partial charge >= 0.3 is 0 Å². The number of hydrogen-bond acceptors (Lipinski definition) is 0. The molecular formula is C7H8Br2ClI. The number of hydrogen-bond donors (Lipinski definition) is 0. The molecule has 0 amide bonds. The summed E-state index contributed by atoms with van der Waals surface area (Å²) in [6.45, 7) is 0. The summed E-state index contributed by atoms with van der Waals surface area (Å²) in [7, 11) is 0. The van der Waals surface area contributed by atoms with Crippen molar-refractivity contribution in [3.8, 4) is 0 Å². The zero-order valence-corrected chi connectivity index (χ0v) is 11.8. The van der Waals surface area contributed by atoms with Crippen LogP contribution in [0.4, 0.5) is 0 Å². The van der Waals surface area contributed by atoms with E-state index in [9.17, 15) is 0 Å². The summed E-state index contributed by atoms with van der Waals surface area (Å²) in [5, 5.41) is 1.00. The lowest BCUT2D eigenvalue weighted by Crippen LogP contribution is -1.90. The Balaban J connectivity index is 3.89. The second-order valence-electron chi connectivity index (χ2n) is 1.79. The molecule has 0 aliphatic rings. The molecule has 4 heteroatoms. The van der Waals surface area contributed by atoms with Crippen molar-refractivity contribution in [1.82, 2.24) is 0 Å². The number of halogens is 4. The maximum absolute atomic E-state index is 5.42. The first-order chi connectivity index (χ1) is 5.22. The van der Waals surface area contributed by atoms with E-state index in [4.69, 9.17) is 11.6 Å². The lowest BCUT2D eigenvalue weighted by molar-refractivity contribution is 1.23. The van der Waals surface area contributed by atoms with Gasteiger partial charge in [0.15, 0.2) is 0 Å². The molecule has 0 rings (SSSR count). The third kappa shape index (κ3) is 6.61. The minimum absolute atomic E-state index is 0.264. The van der Waals surface area contributed by atoms with Crippen LogP contribution in [0.3, 0.4) is 0 Å². The Labute approximate surface area is 103 Å². The summed E-state index contributed by atoms with van der Waals surface area (Å²) in [6, 6.07) is 0. The SMILES string of the molecule is ClC=CC(Br)C(I)=CCCBr. The van der Waals surface area contributed by atoms with Crippen LogP contribution in [0, 0.1) is 0 Å². The summed E-state index contributed by atoms with van der Waals surface area (Å²) in [5.74, 6) is 0. The van der Waals surface area contributed by atoms with E-state index >= 15 is 0 Å². The molecule has 0 bridgehead atoms. The van der Waals surface area contributed by atoms with Gasteiger partial charge < -0.3 is 0 Å². The van der Waals surface area contributed by atoms with Crippen molar-refractivity contribution in [3.63, 3.8) is 0 Å². The van der Waals surface area contributed by atoms with Crippen LogP contribution in [0.25, 0.3) is 0 Å². The predicted molar refractivity (Wildman–Crippen MR) is 68.2 cm³/mol. The molecule has 1 atom stereocenters. The lowest BCUT2D eigenvalue weighted by atomic mass is 10.3. The molecule has 0 saturated carbocycles. The average Bonchev–Trinajstić information content (AvgIpc) is 2.00. The molecule has 0 aliphatic carbocycles. The Morgan fingerprint density at radius 2 is 2.27 bits per heavy atom. The molecule has 0 aliphatic heterocycles. The van der Waals surface area contributed by atoms with Crippen LogP contribution >= 0.6 is 66.1 Å². The van der Waals surface area contributed by atoms with Gasteiger partial charge in [-0.05, 0) is 29.0 Å². The highest BCUT2D eigenvalue weighted by molar-refractivity contribution is 14.1. The lowest BCUT2D eigenvalue weighted by Gasteiger charge is -2.01. The Kier molecular flexibility index (Phi) is 9.15. The van der Waals surface area contributed by atoms with Crippen LogP contribution in [-0.4, -0.2) is 10.2 Å². The number of allylic oxidation sites excluding steroid dienone is 3. The monoisotopic (exact) mass is 412 g/mol. The minimum atomic E-state index is 0.264. The molecule has 11 heavy (non-hydrogen) atoms. The molecule has 0 aromatic heterocycles. The van der Waals surface area contributed by atoms with E-state index in [1.54, 1.807) is 0 Å². The Morgan fingerprint density at radius 3 is 2.73 bits per heavy atom. The predicted octanol–water partition coefficient (Wildman–Crippen LogP) is 4.61. The first kappa shape index (κ1) is 12.5. The van der Waals surface area contributed by atoms with Gasteiger partial charge in [-0.3, -0.25) is 0 Å². The normalized spacial score (nSPS) is 15.8.